The highest BCUT2D eigenvalue weighted by atomic mass is 16.2. The lowest BCUT2D eigenvalue weighted by Gasteiger charge is -2.44. The number of hydrogen-bond acceptors (Lipinski definition) is 2. The van der Waals surface area contributed by atoms with E-state index in [1.54, 1.807) is 0 Å². The number of aryl methyl sites for hydroxylation is 1. The first kappa shape index (κ1) is 20.4. The Labute approximate surface area is 179 Å². The van der Waals surface area contributed by atoms with E-state index >= 15 is 0 Å². The summed E-state index contributed by atoms with van der Waals surface area (Å²) in [5.74, 6) is 0.158. The van der Waals surface area contributed by atoms with Gasteiger partial charge >= 0.3 is 0 Å². The maximum Gasteiger partial charge on any atom is 0.226 e. The van der Waals surface area contributed by atoms with Gasteiger partial charge in [0, 0.05) is 25.2 Å². The zero-order chi connectivity index (χ0) is 20.8. The first-order valence-electron chi connectivity index (χ1n) is 10.9. The van der Waals surface area contributed by atoms with Gasteiger partial charge < -0.3 is 10.2 Å². The smallest absolute Gasteiger partial charge is 0.226 e. The third-order valence-corrected chi connectivity index (χ3v) is 6.17. The molecule has 1 heterocycles. The van der Waals surface area contributed by atoms with Crippen LogP contribution < -0.4 is 10.2 Å². The molecule has 0 aromatic heterocycles. The van der Waals surface area contributed by atoms with Crippen LogP contribution in [0.25, 0.3) is 0 Å². The number of amides is 1. The third kappa shape index (κ3) is 4.31. The number of hydrogen-bond donors (Lipinski definition) is 1. The minimum Gasteiger partial charge on any atom is -0.310 e. The predicted molar refractivity (Wildman–Crippen MR) is 124 cm³/mol. The van der Waals surface area contributed by atoms with E-state index in [0.717, 1.165) is 31.5 Å². The standard InChI is InChI=1S/C27H30N2O/c1-2-26(30)29(24-14-7-4-8-15-24)21-27(19-17-22-11-5-3-6-12-22)25-16-10-9-13-23(25)18-20-28-27/h3-16,28H,2,17-21H2,1H3. The Bertz CT molecular complexity index is 970. The molecule has 30 heavy (non-hydrogen) atoms. The van der Waals surface area contributed by atoms with Crippen molar-refractivity contribution in [2.24, 2.45) is 0 Å². The summed E-state index contributed by atoms with van der Waals surface area (Å²) in [6, 6.07) is 29.4. The monoisotopic (exact) mass is 398 g/mol. The van der Waals surface area contributed by atoms with Crippen LogP contribution in [0.3, 0.4) is 0 Å². The molecule has 0 fully saturated rings. The van der Waals surface area contributed by atoms with Crippen molar-refractivity contribution in [3.63, 3.8) is 0 Å². The van der Waals surface area contributed by atoms with E-state index in [2.05, 4.69) is 59.9 Å². The normalized spacial score (nSPS) is 17.9. The largest absolute Gasteiger partial charge is 0.310 e. The van der Waals surface area contributed by atoms with Gasteiger partial charge in [-0.3, -0.25) is 4.79 Å². The Balaban J connectivity index is 1.72. The number of nitrogens with zero attached hydrogens (tertiary/aromatic N) is 1. The summed E-state index contributed by atoms with van der Waals surface area (Å²) in [6.45, 7) is 3.50. The van der Waals surface area contributed by atoms with Crippen LogP contribution in [-0.2, 0) is 23.2 Å². The van der Waals surface area contributed by atoms with Crippen LogP contribution in [0.4, 0.5) is 5.69 Å². The number of anilines is 1. The van der Waals surface area contributed by atoms with Crippen LogP contribution in [0.2, 0.25) is 0 Å². The summed E-state index contributed by atoms with van der Waals surface area (Å²) in [5, 5.41) is 3.84. The Hall–Kier alpha value is -2.91. The molecule has 3 aromatic rings. The van der Waals surface area contributed by atoms with Crippen LogP contribution in [0.15, 0.2) is 84.9 Å². The van der Waals surface area contributed by atoms with Crippen molar-refractivity contribution in [2.75, 3.05) is 18.0 Å². The second kappa shape index (κ2) is 9.27. The van der Waals surface area contributed by atoms with Gasteiger partial charge in [-0.25, -0.2) is 0 Å². The SMILES string of the molecule is CCC(=O)N(CC1(CCc2ccccc2)NCCc2ccccc21)c1ccccc1. The highest BCUT2D eigenvalue weighted by Gasteiger charge is 2.38. The van der Waals surface area contributed by atoms with Crippen molar-refractivity contribution in [2.45, 2.75) is 38.1 Å². The van der Waals surface area contributed by atoms with Gasteiger partial charge in [0.2, 0.25) is 5.91 Å². The summed E-state index contributed by atoms with van der Waals surface area (Å²) in [5.41, 5.74) is 4.74. The Morgan fingerprint density at radius 3 is 2.33 bits per heavy atom. The topological polar surface area (TPSA) is 32.3 Å². The van der Waals surface area contributed by atoms with Crippen molar-refractivity contribution in [1.82, 2.24) is 5.32 Å². The molecule has 1 atom stereocenters. The van der Waals surface area contributed by atoms with Gasteiger partial charge in [-0.05, 0) is 48.1 Å². The molecule has 3 nitrogen and oxygen atoms in total. The summed E-state index contributed by atoms with van der Waals surface area (Å²) >= 11 is 0. The molecule has 0 saturated heterocycles. The molecule has 0 spiro atoms. The fourth-order valence-electron chi connectivity index (χ4n) is 4.57. The molecule has 4 rings (SSSR count). The number of para-hydroxylation sites is 1. The fourth-order valence-corrected chi connectivity index (χ4v) is 4.57. The molecule has 154 valence electrons. The van der Waals surface area contributed by atoms with Gasteiger partial charge in [0.1, 0.15) is 0 Å². The predicted octanol–water partition coefficient (Wildman–Crippen LogP) is 5.10. The molecular formula is C27H30N2O. The molecule has 1 aliphatic rings. The average Bonchev–Trinajstić information content (AvgIpc) is 2.82. The van der Waals surface area contributed by atoms with Gasteiger partial charge in [-0.2, -0.15) is 0 Å². The minimum atomic E-state index is -0.272. The lowest BCUT2D eigenvalue weighted by atomic mass is 9.78. The van der Waals surface area contributed by atoms with Crippen molar-refractivity contribution in [3.8, 4) is 0 Å². The van der Waals surface area contributed by atoms with Crippen molar-refractivity contribution in [3.05, 3.63) is 102 Å². The van der Waals surface area contributed by atoms with Crippen molar-refractivity contribution in [1.29, 1.82) is 0 Å². The fraction of sp³-hybridized carbons (Fsp3) is 0.296. The number of rotatable bonds is 7. The number of fused-ring (bicyclic) bond motifs is 1. The summed E-state index contributed by atoms with van der Waals surface area (Å²) < 4.78 is 0. The highest BCUT2D eigenvalue weighted by molar-refractivity contribution is 5.93. The van der Waals surface area contributed by atoms with Gasteiger partial charge in [-0.1, -0.05) is 79.7 Å². The van der Waals surface area contributed by atoms with Gasteiger partial charge in [0.05, 0.1) is 5.54 Å². The molecule has 0 bridgehead atoms. The summed E-state index contributed by atoms with van der Waals surface area (Å²) in [7, 11) is 0. The van der Waals surface area contributed by atoms with Gasteiger partial charge in [0.25, 0.3) is 0 Å². The molecule has 1 aliphatic heterocycles. The van der Waals surface area contributed by atoms with Crippen LogP contribution in [-0.4, -0.2) is 19.0 Å². The average molecular weight is 399 g/mol. The Kier molecular flexibility index (Phi) is 6.29. The van der Waals surface area contributed by atoms with E-state index < -0.39 is 0 Å². The van der Waals surface area contributed by atoms with Crippen LogP contribution in [0.1, 0.15) is 36.5 Å². The molecular weight excluding hydrogens is 368 g/mol. The third-order valence-electron chi connectivity index (χ3n) is 6.17. The zero-order valence-corrected chi connectivity index (χ0v) is 17.7. The molecule has 3 aromatic carbocycles. The summed E-state index contributed by atoms with van der Waals surface area (Å²) in [6.07, 6.45) is 3.42. The van der Waals surface area contributed by atoms with E-state index in [1.165, 1.54) is 16.7 Å². The van der Waals surface area contributed by atoms with E-state index in [0.29, 0.717) is 13.0 Å². The molecule has 0 saturated carbocycles. The maximum absolute atomic E-state index is 13.0. The van der Waals surface area contributed by atoms with E-state index in [1.807, 2.05) is 42.2 Å². The number of benzene rings is 3. The zero-order valence-electron chi connectivity index (χ0n) is 17.7. The van der Waals surface area contributed by atoms with Crippen molar-refractivity contribution >= 4 is 11.6 Å². The van der Waals surface area contributed by atoms with Crippen LogP contribution in [0, 0.1) is 0 Å². The molecule has 1 unspecified atom stereocenters. The van der Waals surface area contributed by atoms with Gasteiger partial charge in [0.15, 0.2) is 0 Å². The first-order chi connectivity index (χ1) is 14.7. The maximum atomic E-state index is 13.0. The second-order valence-corrected chi connectivity index (χ2v) is 8.07. The lowest BCUT2D eigenvalue weighted by Crippen LogP contribution is -2.55. The van der Waals surface area contributed by atoms with Crippen LogP contribution in [0.5, 0.6) is 0 Å². The van der Waals surface area contributed by atoms with E-state index in [4.69, 9.17) is 0 Å². The summed E-state index contributed by atoms with van der Waals surface area (Å²) in [4.78, 5) is 15.0. The van der Waals surface area contributed by atoms with E-state index in [9.17, 15) is 4.79 Å². The molecule has 3 heteroatoms. The molecule has 1 N–H and O–H groups in total. The quantitative estimate of drug-likeness (QED) is 0.600. The second-order valence-electron chi connectivity index (χ2n) is 8.07. The van der Waals surface area contributed by atoms with Gasteiger partial charge in [-0.15, -0.1) is 0 Å². The Morgan fingerprint density at radius 2 is 1.60 bits per heavy atom. The number of carbonyl (C=O) groups excluding carboxylic acids is 1. The van der Waals surface area contributed by atoms with Crippen molar-refractivity contribution < 1.29 is 4.79 Å². The van der Waals surface area contributed by atoms with E-state index in [-0.39, 0.29) is 11.4 Å². The lowest BCUT2D eigenvalue weighted by molar-refractivity contribution is -0.118. The van der Waals surface area contributed by atoms with Crippen LogP contribution >= 0.6 is 0 Å². The highest BCUT2D eigenvalue weighted by Crippen LogP contribution is 2.35. The number of carbonyl (C=O) groups is 1. The molecule has 1 amide bonds. The molecule has 0 radical (unpaired) electrons. The first-order valence-corrected chi connectivity index (χ1v) is 10.9. The Morgan fingerprint density at radius 1 is 0.933 bits per heavy atom. The number of nitrogens with one attached hydrogen (secondary N) is 1. The molecule has 0 aliphatic carbocycles. The minimum absolute atomic E-state index is 0.158.